The molecule has 0 fully saturated rings. The van der Waals surface area contributed by atoms with E-state index >= 15 is 0 Å². The summed E-state index contributed by atoms with van der Waals surface area (Å²) in [5.41, 5.74) is 3.03. The molecule has 3 rings (SSSR count). The van der Waals surface area contributed by atoms with Crippen molar-refractivity contribution in [3.63, 3.8) is 0 Å². The van der Waals surface area contributed by atoms with Crippen molar-refractivity contribution >= 4 is 17.2 Å². The SMILES string of the molecule is Cc1csc(=NC(=O)c2ccccc2)n1CCc1ccccc1. The molecule has 0 saturated heterocycles. The van der Waals surface area contributed by atoms with E-state index in [2.05, 4.69) is 21.7 Å². The van der Waals surface area contributed by atoms with Crippen LogP contribution in [0.1, 0.15) is 21.6 Å². The Labute approximate surface area is 139 Å². The van der Waals surface area contributed by atoms with Crippen LogP contribution in [0, 0.1) is 6.92 Å². The van der Waals surface area contributed by atoms with Crippen molar-refractivity contribution in [2.24, 2.45) is 4.99 Å². The molecule has 0 aliphatic carbocycles. The molecule has 0 saturated carbocycles. The fourth-order valence-corrected chi connectivity index (χ4v) is 3.29. The molecular weight excluding hydrogens is 304 g/mol. The molecule has 1 aromatic heterocycles. The van der Waals surface area contributed by atoms with E-state index in [1.165, 1.54) is 16.9 Å². The van der Waals surface area contributed by atoms with Crippen LogP contribution in [0.2, 0.25) is 0 Å². The van der Waals surface area contributed by atoms with Crippen LogP contribution < -0.4 is 4.80 Å². The molecular formula is C19H18N2OS. The largest absolute Gasteiger partial charge is 0.321 e. The van der Waals surface area contributed by atoms with Crippen molar-refractivity contribution in [1.82, 2.24) is 4.57 Å². The zero-order chi connectivity index (χ0) is 16.1. The van der Waals surface area contributed by atoms with Crippen molar-refractivity contribution in [2.45, 2.75) is 19.9 Å². The lowest BCUT2D eigenvalue weighted by molar-refractivity contribution is 0.0997. The Hall–Kier alpha value is -2.46. The van der Waals surface area contributed by atoms with Crippen LogP contribution in [0.25, 0.3) is 0 Å². The normalized spacial score (nSPS) is 11.6. The number of thiazole rings is 1. The van der Waals surface area contributed by atoms with Gasteiger partial charge < -0.3 is 4.57 Å². The predicted molar refractivity (Wildman–Crippen MR) is 93.5 cm³/mol. The van der Waals surface area contributed by atoms with Crippen molar-refractivity contribution in [3.8, 4) is 0 Å². The summed E-state index contributed by atoms with van der Waals surface area (Å²) in [7, 11) is 0. The van der Waals surface area contributed by atoms with Crippen LogP contribution in [0.15, 0.2) is 71.0 Å². The topological polar surface area (TPSA) is 34.4 Å². The van der Waals surface area contributed by atoms with E-state index in [1.54, 1.807) is 12.1 Å². The highest BCUT2D eigenvalue weighted by Gasteiger charge is 2.06. The highest BCUT2D eigenvalue weighted by molar-refractivity contribution is 7.07. The van der Waals surface area contributed by atoms with E-state index in [9.17, 15) is 4.79 Å². The molecule has 23 heavy (non-hydrogen) atoms. The van der Waals surface area contributed by atoms with Gasteiger partial charge in [0.2, 0.25) is 0 Å². The molecule has 1 amide bonds. The molecule has 0 atom stereocenters. The van der Waals surface area contributed by atoms with Crippen LogP contribution in [-0.4, -0.2) is 10.5 Å². The summed E-state index contributed by atoms with van der Waals surface area (Å²) in [4.78, 5) is 17.3. The molecule has 1 heterocycles. The van der Waals surface area contributed by atoms with Gasteiger partial charge in [-0.05, 0) is 31.0 Å². The van der Waals surface area contributed by atoms with Gasteiger partial charge in [-0.25, -0.2) is 0 Å². The number of aryl methyl sites for hydroxylation is 2. The second kappa shape index (κ2) is 7.20. The molecule has 2 aromatic carbocycles. The van der Waals surface area contributed by atoms with E-state index in [-0.39, 0.29) is 5.91 Å². The summed E-state index contributed by atoms with van der Waals surface area (Å²) in [5.74, 6) is -0.194. The Morgan fingerprint density at radius 3 is 2.39 bits per heavy atom. The van der Waals surface area contributed by atoms with Gasteiger partial charge in [-0.2, -0.15) is 4.99 Å². The van der Waals surface area contributed by atoms with Crippen molar-refractivity contribution in [3.05, 3.63) is 87.7 Å². The summed E-state index contributed by atoms with van der Waals surface area (Å²) in [6.07, 6.45) is 0.922. The minimum absolute atomic E-state index is 0.194. The molecule has 0 aliphatic heterocycles. The maximum Gasteiger partial charge on any atom is 0.279 e. The number of hydrogen-bond acceptors (Lipinski definition) is 2. The Morgan fingerprint density at radius 2 is 1.70 bits per heavy atom. The highest BCUT2D eigenvalue weighted by atomic mass is 32.1. The minimum Gasteiger partial charge on any atom is -0.321 e. The molecule has 0 unspecified atom stereocenters. The van der Waals surface area contributed by atoms with Crippen LogP contribution >= 0.6 is 11.3 Å². The van der Waals surface area contributed by atoms with E-state index in [0.717, 1.165) is 23.5 Å². The number of carbonyl (C=O) groups excluding carboxylic acids is 1. The molecule has 0 spiro atoms. The molecule has 116 valence electrons. The van der Waals surface area contributed by atoms with Crippen LogP contribution in [0.3, 0.4) is 0 Å². The zero-order valence-electron chi connectivity index (χ0n) is 13.0. The number of aromatic nitrogens is 1. The van der Waals surface area contributed by atoms with Gasteiger partial charge in [-0.1, -0.05) is 48.5 Å². The molecule has 0 N–H and O–H groups in total. The van der Waals surface area contributed by atoms with Gasteiger partial charge in [0.15, 0.2) is 4.80 Å². The maximum absolute atomic E-state index is 12.3. The maximum atomic E-state index is 12.3. The molecule has 0 bridgehead atoms. The fourth-order valence-electron chi connectivity index (χ4n) is 2.39. The predicted octanol–water partition coefficient (Wildman–Crippen LogP) is 3.84. The third-order valence-corrected chi connectivity index (χ3v) is 4.66. The number of hydrogen-bond donors (Lipinski definition) is 0. The average molecular weight is 322 g/mol. The first-order valence-electron chi connectivity index (χ1n) is 7.57. The number of benzene rings is 2. The summed E-state index contributed by atoms with van der Waals surface area (Å²) in [6, 6.07) is 19.5. The highest BCUT2D eigenvalue weighted by Crippen LogP contribution is 2.06. The second-order valence-corrected chi connectivity index (χ2v) is 6.17. The first-order valence-corrected chi connectivity index (χ1v) is 8.45. The van der Waals surface area contributed by atoms with Gasteiger partial charge in [0.25, 0.3) is 5.91 Å². The molecule has 4 heteroatoms. The van der Waals surface area contributed by atoms with Gasteiger partial charge in [0.1, 0.15) is 0 Å². The van der Waals surface area contributed by atoms with Crippen molar-refractivity contribution in [1.29, 1.82) is 0 Å². The number of amides is 1. The van der Waals surface area contributed by atoms with E-state index < -0.39 is 0 Å². The smallest absolute Gasteiger partial charge is 0.279 e. The lowest BCUT2D eigenvalue weighted by Gasteiger charge is -2.06. The van der Waals surface area contributed by atoms with Crippen molar-refractivity contribution < 1.29 is 4.79 Å². The summed E-state index contributed by atoms with van der Waals surface area (Å²) in [6.45, 7) is 2.87. The first kappa shape index (κ1) is 15.4. The van der Waals surface area contributed by atoms with Gasteiger partial charge in [0, 0.05) is 23.2 Å². The number of nitrogens with zero attached hydrogens (tertiary/aromatic N) is 2. The lowest BCUT2D eigenvalue weighted by Crippen LogP contribution is -2.19. The third-order valence-electron chi connectivity index (χ3n) is 3.68. The van der Waals surface area contributed by atoms with Gasteiger partial charge in [0.05, 0.1) is 0 Å². The van der Waals surface area contributed by atoms with E-state index in [0.29, 0.717) is 5.56 Å². The van der Waals surface area contributed by atoms with Crippen molar-refractivity contribution in [2.75, 3.05) is 0 Å². The monoisotopic (exact) mass is 322 g/mol. The second-order valence-electron chi connectivity index (χ2n) is 5.33. The summed E-state index contributed by atoms with van der Waals surface area (Å²) >= 11 is 1.51. The Bertz CT molecular complexity index is 848. The summed E-state index contributed by atoms with van der Waals surface area (Å²) in [5, 5.41) is 2.04. The molecule has 0 aliphatic rings. The lowest BCUT2D eigenvalue weighted by atomic mass is 10.1. The Kier molecular flexibility index (Phi) is 4.83. The summed E-state index contributed by atoms with van der Waals surface area (Å²) < 4.78 is 2.11. The standard InChI is InChI=1S/C19H18N2OS/c1-15-14-23-19(20-18(22)17-10-6-3-7-11-17)21(15)13-12-16-8-4-2-5-9-16/h2-11,14H,12-13H2,1H3. The minimum atomic E-state index is -0.194. The van der Waals surface area contributed by atoms with Crippen LogP contribution in [-0.2, 0) is 13.0 Å². The quantitative estimate of drug-likeness (QED) is 0.718. The third kappa shape index (κ3) is 3.85. The zero-order valence-corrected chi connectivity index (χ0v) is 13.8. The Balaban J connectivity index is 1.84. The molecule has 0 radical (unpaired) electrons. The van der Waals surface area contributed by atoms with Gasteiger partial charge >= 0.3 is 0 Å². The molecule has 3 nitrogen and oxygen atoms in total. The van der Waals surface area contributed by atoms with Crippen LogP contribution in [0.5, 0.6) is 0 Å². The fraction of sp³-hybridized carbons (Fsp3) is 0.158. The number of carbonyl (C=O) groups is 1. The number of rotatable bonds is 4. The average Bonchev–Trinajstić information content (AvgIpc) is 2.94. The van der Waals surface area contributed by atoms with Gasteiger partial charge in [-0.15, -0.1) is 11.3 Å². The van der Waals surface area contributed by atoms with E-state index in [1.807, 2.05) is 48.7 Å². The first-order chi connectivity index (χ1) is 11.2. The molecule has 3 aromatic rings. The van der Waals surface area contributed by atoms with E-state index in [4.69, 9.17) is 0 Å². The Morgan fingerprint density at radius 1 is 1.04 bits per heavy atom. The van der Waals surface area contributed by atoms with Gasteiger partial charge in [-0.3, -0.25) is 4.79 Å². The van der Waals surface area contributed by atoms with Crippen LogP contribution in [0.4, 0.5) is 0 Å².